The second-order valence-electron chi connectivity index (χ2n) is 18.5. The van der Waals surface area contributed by atoms with Crippen LogP contribution in [0.25, 0.3) is 5.82 Å². The first-order valence-corrected chi connectivity index (χ1v) is 22.2. The van der Waals surface area contributed by atoms with E-state index in [1.54, 1.807) is 37.1 Å². The van der Waals surface area contributed by atoms with Crippen molar-refractivity contribution in [1.29, 1.82) is 0 Å². The molecule has 0 saturated carbocycles. The second kappa shape index (κ2) is 20.2. The standard InChI is InChI=1S/C46H68N6O11/c1-12-35-46(9)39(50-44(56)63-46)29(5)33(16-19-57-43(55)48-23-32-14-15-36(47-22-32)52-18-13-17-49-52)27(3)21-45(8)40(62-42-37(53)34(51(10)11)20-28(4)60-42)30(6)38(31(7)41(54)61-35)58-24-26(2)25-59-45/h13-18,22,27-31,34-35,37-40,42,53H,2,12,19-21,23-25H2,1,3-11H3,(H,48,55)(H,50,56)/b33-16+/t27-,28-,29+,30+,31-,34+,35-,37-,38?,39?,40-,42?,45-,46-/m1/s1. The molecule has 4 aliphatic rings. The normalized spacial score (nSPS) is 37.5. The second-order valence-corrected chi connectivity index (χ2v) is 18.5. The van der Waals surface area contributed by atoms with Gasteiger partial charge in [0.15, 0.2) is 17.7 Å². The first kappa shape index (κ1) is 48.1. The molecule has 6 rings (SSSR count). The number of carbonyl (C=O) groups is 3. The molecular formula is C46H68N6O11. The van der Waals surface area contributed by atoms with Gasteiger partial charge in [-0.3, -0.25) is 4.79 Å². The number of aromatic nitrogens is 3. The lowest BCUT2D eigenvalue weighted by atomic mass is 9.71. The number of ether oxygens (including phenoxy) is 7. The molecule has 14 atom stereocenters. The van der Waals surface area contributed by atoms with Gasteiger partial charge in [-0.1, -0.05) is 45.9 Å². The van der Waals surface area contributed by atoms with Crippen LogP contribution in [0.1, 0.15) is 80.2 Å². The number of hydrogen-bond acceptors (Lipinski definition) is 14. The molecule has 4 fully saturated rings. The van der Waals surface area contributed by atoms with Crippen LogP contribution in [-0.2, 0) is 44.5 Å². The van der Waals surface area contributed by atoms with Gasteiger partial charge in [-0.25, -0.2) is 19.3 Å². The smallest absolute Gasteiger partial charge is 0.408 e. The monoisotopic (exact) mass is 880 g/mol. The van der Waals surface area contributed by atoms with Gasteiger partial charge in [-0.15, -0.1) is 0 Å². The van der Waals surface area contributed by atoms with E-state index in [0.29, 0.717) is 30.7 Å². The highest BCUT2D eigenvalue weighted by Gasteiger charge is 2.57. The molecule has 0 radical (unpaired) electrons. The zero-order valence-corrected chi connectivity index (χ0v) is 38.4. The number of nitrogens with zero attached hydrogens (tertiary/aromatic N) is 4. The fraction of sp³-hybridized carbons (Fsp3) is 0.674. The molecule has 3 N–H and O–H groups in total. The third kappa shape index (κ3) is 10.8. The summed E-state index contributed by atoms with van der Waals surface area (Å²) in [4.78, 5) is 47.1. The quantitative estimate of drug-likeness (QED) is 0.171. The van der Waals surface area contributed by atoms with Crippen molar-refractivity contribution in [2.75, 3.05) is 33.9 Å². The Bertz CT molecular complexity index is 1930. The van der Waals surface area contributed by atoms with E-state index in [2.05, 4.69) is 34.2 Å². The van der Waals surface area contributed by atoms with Crippen molar-refractivity contribution in [3.63, 3.8) is 0 Å². The van der Waals surface area contributed by atoms with E-state index in [1.165, 1.54) is 0 Å². The van der Waals surface area contributed by atoms with Gasteiger partial charge in [0.05, 0.1) is 49.1 Å². The number of alkyl carbamates (subject to hydrolysis) is 2. The van der Waals surface area contributed by atoms with Crippen molar-refractivity contribution >= 4 is 18.2 Å². The highest BCUT2D eigenvalue weighted by atomic mass is 16.7. The number of esters is 1. The Hall–Kier alpha value is -4.39. The number of cyclic esters (lactones) is 1. The molecule has 3 unspecified atom stereocenters. The topological polar surface area (TPSA) is 194 Å². The van der Waals surface area contributed by atoms with Gasteiger partial charge >= 0.3 is 18.2 Å². The number of hydrogen-bond donors (Lipinski definition) is 3. The van der Waals surface area contributed by atoms with Crippen molar-refractivity contribution in [3.8, 4) is 5.82 Å². The highest BCUT2D eigenvalue weighted by molar-refractivity contribution is 5.74. The first-order valence-electron chi connectivity index (χ1n) is 22.2. The third-order valence-corrected chi connectivity index (χ3v) is 13.4. The van der Waals surface area contributed by atoms with E-state index >= 15 is 0 Å². The summed E-state index contributed by atoms with van der Waals surface area (Å²) in [6.07, 6.45) is 2.42. The minimum Gasteiger partial charge on any atom is -0.458 e. The number of carbonyl (C=O) groups excluding carboxylic acids is 3. The number of nitrogens with one attached hydrogen (secondary N) is 2. The fourth-order valence-corrected chi connectivity index (χ4v) is 10.0. The van der Waals surface area contributed by atoms with Crippen LogP contribution in [0.3, 0.4) is 0 Å². The van der Waals surface area contributed by atoms with Crippen LogP contribution in [0.15, 0.2) is 60.6 Å². The Morgan fingerprint density at radius 2 is 1.90 bits per heavy atom. The van der Waals surface area contributed by atoms with Crippen LogP contribution in [-0.4, -0.2) is 137 Å². The molecule has 2 aromatic rings. The van der Waals surface area contributed by atoms with Gasteiger partial charge in [0, 0.05) is 43.0 Å². The Morgan fingerprint density at radius 3 is 2.57 bits per heavy atom. The highest BCUT2D eigenvalue weighted by Crippen LogP contribution is 2.44. The van der Waals surface area contributed by atoms with Gasteiger partial charge in [0.1, 0.15) is 18.8 Å². The Kier molecular flexibility index (Phi) is 15.4. The van der Waals surface area contributed by atoms with Gasteiger partial charge < -0.3 is 53.8 Å². The van der Waals surface area contributed by atoms with Gasteiger partial charge in [-0.2, -0.15) is 5.10 Å². The van der Waals surface area contributed by atoms with Gasteiger partial charge in [-0.05, 0) is 96.3 Å². The molecular weight excluding hydrogens is 813 g/mol. The summed E-state index contributed by atoms with van der Waals surface area (Å²) in [5, 5.41) is 21.8. The van der Waals surface area contributed by atoms with Gasteiger partial charge in [0.25, 0.3) is 0 Å². The molecule has 17 nitrogen and oxygen atoms in total. The lowest BCUT2D eigenvalue weighted by Crippen LogP contribution is -2.60. The number of pyridine rings is 1. The molecule has 0 aliphatic carbocycles. The van der Waals surface area contributed by atoms with Crippen molar-refractivity contribution in [2.24, 2.45) is 23.7 Å². The third-order valence-electron chi connectivity index (χ3n) is 13.4. The molecule has 2 bridgehead atoms. The minimum atomic E-state index is -1.27. The molecule has 0 aromatic carbocycles. The molecule has 0 spiro atoms. The van der Waals surface area contributed by atoms with Crippen molar-refractivity contribution in [1.82, 2.24) is 30.3 Å². The number of likely N-dealkylation sites (N-methyl/N-ethyl adjacent to an activating group) is 1. The maximum absolute atomic E-state index is 14.4. The van der Waals surface area contributed by atoms with Crippen LogP contribution < -0.4 is 10.6 Å². The molecule has 2 amide bonds. The summed E-state index contributed by atoms with van der Waals surface area (Å²) in [5.41, 5.74) is -0.0973. The zero-order valence-electron chi connectivity index (χ0n) is 38.4. The van der Waals surface area contributed by atoms with Crippen molar-refractivity contribution < 1.29 is 52.6 Å². The summed E-state index contributed by atoms with van der Waals surface area (Å²) in [6, 6.07) is 4.58. The fourth-order valence-electron chi connectivity index (χ4n) is 10.0. The van der Waals surface area contributed by atoms with Crippen molar-refractivity contribution in [3.05, 3.63) is 66.2 Å². The maximum Gasteiger partial charge on any atom is 0.408 e. The summed E-state index contributed by atoms with van der Waals surface area (Å²) in [5.74, 6) is -1.92. The molecule has 348 valence electrons. The lowest BCUT2D eigenvalue weighted by Gasteiger charge is -2.49. The minimum absolute atomic E-state index is 0.0964. The summed E-state index contributed by atoms with van der Waals surface area (Å²) in [7, 11) is 3.84. The molecule has 2 aromatic heterocycles. The van der Waals surface area contributed by atoms with E-state index in [9.17, 15) is 19.5 Å². The molecule has 63 heavy (non-hydrogen) atoms. The van der Waals surface area contributed by atoms with Gasteiger partial charge in [0.2, 0.25) is 0 Å². The van der Waals surface area contributed by atoms with Crippen LogP contribution in [0.2, 0.25) is 0 Å². The molecule has 17 heteroatoms. The SMILES string of the molecule is C=C1COC2[C@@H](C)C(=O)O[C@H](CC)[C@@]3(C)OC(=O)NC3[C@@H](C)/C(=C/COC(=O)NCc3ccc(-n4cccn4)nc3)[C@H](C)C[C@@](C)(OC1)[C@H](OC1O[C@H](C)C[C@H](N(C)C)[C@H]1O)[C@H]2C. The van der Waals surface area contributed by atoms with Crippen LogP contribution in [0.5, 0.6) is 0 Å². The molecule has 4 aliphatic heterocycles. The Balaban J connectivity index is 1.35. The zero-order chi connectivity index (χ0) is 45.8. The van der Waals surface area contributed by atoms with Crippen LogP contribution >= 0.6 is 0 Å². The summed E-state index contributed by atoms with van der Waals surface area (Å²) >= 11 is 0. The summed E-state index contributed by atoms with van der Waals surface area (Å²) in [6.45, 7) is 20.0. The predicted molar refractivity (Wildman–Crippen MR) is 231 cm³/mol. The Morgan fingerprint density at radius 1 is 1.14 bits per heavy atom. The lowest BCUT2D eigenvalue weighted by molar-refractivity contribution is -0.302. The summed E-state index contributed by atoms with van der Waals surface area (Å²) < 4.78 is 46.5. The van der Waals surface area contributed by atoms with E-state index in [0.717, 1.165) is 11.1 Å². The van der Waals surface area contributed by atoms with E-state index in [-0.39, 0.29) is 44.4 Å². The first-order chi connectivity index (χ1) is 29.8. The number of aliphatic hydroxyl groups excluding tert-OH is 1. The average Bonchev–Trinajstić information content (AvgIpc) is 3.90. The maximum atomic E-state index is 14.4. The molecule has 4 saturated heterocycles. The van der Waals surface area contributed by atoms with Crippen molar-refractivity contribution in [2.45, 2.75) is 141 Å². The number of fused-ring (bicyclic) bond motifs is 4. The average molecular weight is 881 g/mol. The molecule has 6 heterocycles. The van der Waals surface area contributed by atoms with E-state index < -0.39 is 83.9 Å². The van der Waals surface area contributed by atoms with Crippen LogP contribution in [0.4, 0.5) is 9.59 Å². The van der Waals surface area contributed by atoms with Crippen LogP contribution in [0, 0.1) is 23.7 Å². The largest absolute Gasteiger partial charge is 0.458 e. The number of rotatable bonds is 9. The number of amides is 2. The Labute approximate surface area is 371 Å². The predicted octanol–water partition coefficient (Wildman–Crippen LogP) is 5.10. The van der Waals surface area contributed by atoms with E-state index in [1.807, 2.05) is 77.9 Å². The number of aliphatic hydroxyl groups is 1. The van der Waals surface area contributed by atoms with E-state index in [4.69, 9.17) is 33.2 Å².